The Morgan fingerprint density at radius 1 is 1.18 bits per heavy atom. The van der Waals surface area contributed by atoms with Crippen molar-refractivity contribution in [2.24, 2.45) is 16.3 Å². The molecule has 0 saturated heterocycles. The van der Waals surface area contributed by atoms with Crippen LogP contribution in [0.15, 0.2) is 29.3 Å². The van der Waals surface area contributed by atoms with E-state index in [0.29, 0.717) is 42.5 Å². The normalized spacial score (nSPS) is 29.8. The Kier molecular flexibility index (Phi) is 6.83. The van der Waals surface area contributed by atoms with Crippen LogP contribution in [0.5, 0.6) is 0 Å². The lowest BCUT2D eigenvalue weighted by atomic mass is 9.38. The topological polar surface area (TPSA) is 90.9 Å². The van der Waals surface area contributed by atoms with Gasteiger partial charge in [0.15, 0.2) is 6.04 Å². The fraction of sp³-hybridized carbons (Fsp3) is 0.692. The third kappa shape index (κ3) is 5.43. The molecule has 2 N–H and O–H groups in total. The molecule has 1 heterocycles. The molecular weight excluding hydrogens is 541 g/mol. The first-order chi connectivity index (χ1) is 17.6. The summed E-state index contributed by atoms with van der Waals surface area (Å²) in [5.74, 6) is 0.740. The van der Waals surface area contributed by atoms with Crippen molar-refractivity contribution in [3.63, 3.8) is 0 Å². The van der Waals surface area contributed by atoms with Crippen LogP contribution in [0.3, 0.4) is 0 Å². The zero-order chi connectivity index (χ0) is 27.6. The Bertz CT molecular complexity index is 1210. The average Bonchev–Trinajstić information content (AvgIpc) is 3.52. The van der Waals surface area contributed by atoms with Gasteiger partial charge in [0, 0.05) is 29.1 Å². The van der Waals surface area contributed by atoms with Crippen molar-refractivity contribution in [2.75, 3.05) is 12.3 Å². The number of hydrogen-bond donors (Lipinski definition) is 2. The fourth-order valence-corrected chi connectivity index (χ4v) is 8.28. The van der Waals surface area contributed by atoms with Gasteiger partial charge < -0.3 is 10.6 Å². The van der Waals surface area contributed by atoms with Gasteiger partial charge in [-0.1, -0.05) is 36.6 Å². The molecule has 0 radical (unpaired) electrons. The highest BCUT2D eigenvalue weighted by atomic mass is 35.5. The molecule has 2 bridgehead atoms. The number of amidine groups is 1. The van der Waals surface area contributed by atoms with Gasteiger partial charge in [0.05, 0.1) is 17.7 Å². The number of alkyl halides is 3. The Balaban J connectivity index is 1.29. The zero-order valence-corrected chi connectivity index (χ0v) is 23.1. The molecule has 6 rings (SSSR count). The maximum atomic E-state index is 13.6. The summed E-state index contributed by atoms with van der Waals surface area (Å²) >= 11 is 6.03. The molecular formula is C26H34ClF3N4O3S. The van der Waals surface area contributed by atoms with E-state index < -0.39 is 52.2 Å². The number of hydrogen-bond acceptors (Lipinski definition) is 5. The molecule has 12 heteroatoms. The molecule has 7 nitrogen and oxygen atoms in total. The molecule has 210 valence electrons. The van der Waals surface area contributed by atoms with Crippen molar-refractivity contribution in [2.45, 2.75) is 88.6 Å². The highest BCUT2D eigenvalue weighted by Gasteiger charge is 2.75. The molecule has 4 aliphatic carbocycles. The molecule has 1 aliphatic heterocycles. The van der Waals surface area contributed by atoms with Gasteiger partial charge in [-0.2, -0.15) is 17.5 Å². The summed E-state index contributed by atoms with van der Waals surface area (Å²) < 4.78 is 66.3. The number of sulfonamides is 1. The quantitative estimate of drug-likeness (QED) is 0.410. The van der Waals surface area contributed by atoms with Crippen molar-refractivity contribution < 1.29 is 26.4 Å². The lowest BCUT2D eigenvalue weighted by molar-refractivity contribution is -0.151. The largest absolute Gasteiger partial charge is 0.390 e. The maximum absolute atomic E-state index is 13.6. The highest BCUT2D eigenvalue weighted by Crippen LogP contribution is 2.71. The molecule has 5 aliphatic rings. The average molecular weight is 575 g/mol. The number of amides is 1. The van der Waals surface area contributed by atoms with Crippen molar-refractivity contribution in [3.8, 4) is 0 Å². The van der Waals surface area contributed by atoms with Crippen molar-refractivity contribution in [1.29, 1.82) is 0 Å². The van der Waals surface area contributed by atoms with Crippen LogP contribution in [0.25, 0.3) is 0 Å². The third-order valence-corrected chi connectivity index (χ3v) is 10.6. The number of nitrogens with zero attached hydrogens (tertiary/aromatic N) is 2. The van der Waals surface area contributed by atoms with Gasteiger partial charge in [0.25, 0.3) is 0 Å². The molecule has 4 saturated carbocycles. The number of carbonyl (C=O) groups excluding carboxylic acids is 1. The van der Waals surface area contributed by atoms with Crippen LogP contribution in [0.2, 0.25) is 5.02 Å². The number of halogens is 4. The van der Waals surface area contributed by atoms with Gasteiger partial charge >= 0.3 is 6.18 Å². The molecule has 38 heavy (non-hydrogen) atoms. The van der Waals surface area contributed by atoms with Gasteiger partial charge in [0.2, 0.25) is 15.9 Å². The van der Waals surface area contributed by atoms with Gasteiger partial charge in [-0.15, -0.1) is 0 Å². The molecule has 0 spiro atoms. The lowest BCUT2D eigenvalue weighted by Gasteiger charge is -2.73. The fourth-order valence-electron chi connectivity index (χ4n) is 6.18. The van der Waals surface area contributed by atoms with E-state index in [4.69, 9.17) is 11.6 Å². The minimum absolute atomic E-state index is 0.131. The van der Waals surface area contributed by atoms with E-state index in [9.17, 15) is 26.4 Å². The Morgan fingerprint density at radius 3 is 2.39 bits per heavy atom. The molecule has 1 aromatic carbocycles. The standard InChI is InChI=1S/C26H34ClF3N4O3S/c1-23(2)20(21(35)31-11-10-26(28,29)30)32-22(33-23)24-14-25(15-24,16-24)34(13-18-5-7-19(27)8-6-18)38(36,37)12-9-17-3-4-17/h5-8,17,20H,3-4,9-16H2,1-2H3,(H,31,35)(H,32,33)/t20-,24?,25?/m0/s1. The van der Waals surface area contributed by atoms with Gasteiger partial charge in [0.1, 0.15) is 5.84 Å². The lowest BCUT2D eigenvalue weighted by Crippen LogP contribution is -2.78. The van der Waals surface area contributed by atoms with E-state index in [1.165, 1.54) is 0 Å². The van der Waals surface area contributed by atoms with Crippen LogP contribution in [0.4, 0.5) is 13.2 Å². The second-order valence-electron chi connectivity index (χ2n) is 12.1. The predicted octanol–water partition coefficient (Wildman–Crippen LogP) is 4.41. The maximum Gasteiger partial charge on any atom is 0.390 e. The SMILES string of the molecule is CC1(C)NC(C23CC(N(Cc4ccc(Cl)cc4)S(=O)(=O)CCC4CC4)(C2)C3)=N[C@H]1C(=O)NCCC(F)(F)F. The van der Waals surface area contributed by atoms with Crippen molar-refractivity contribution >= 4 is 33.4 Å². The molecule has 0 aromatic heterocycles. The van der Waals surface area contributed by atoms with E-state index in [2.05, 4.69) is 15.6 Å². The molecule has 1 aromatic rings. The Labute approximate surface area is 226 Å². The third-order valence-electron chi connectivity index (χ3n) is 8.43. The Hall–Kier alpha value is -1.85. The molecule has 1 amide bonds. The van der Waals surface area contributed by atoms with Crippen molar-refractivity contribution in [3.05, 3.63) is 34.9 Å². The summed E-state index contributed by atoms with van der Waals surface area (Å²) in [5, 5.41) is 6.28. The molecule has 0 unspecified atom stereocenters. The van der Waals surface area contributed by atoms with Crippen LogP contribution in [0.1, 0.15) is 64.4 Å². The van der Waals surface area contributed by atoms with E-state index in [1.807, 2.05) is 12.1 Å². The first-order valence-electron chi connectivity index (χ1n) is 13.1. The second kappa shape index (κ2) is 9.37. The number of benzene rings is 1. The van der Waals surface area contributed by atoms with E-state index >= 15 is 0 Å². The van der Waals surface area contributed by atoms with E-state index in [1.54, 1.807) is 30.3 Å². The number of aliphatic imine (C=N–C) groups is 1. The van der Waals surface area contributed by atoms with Crippen LogP contribution in [-0.4, -0.2) is 60.1 Å². The first kappa shape index (κ1) is 27.7. The number of nitrogens with one attached hydrogen (secondary N) is 2. The summed E-state index contributed by atoms with van der Waals surface area (Å²) in [7, 11) is -3.50. The van der Waals surface area contributed by atoms with Crippen molar-refractivity contribution in [1.82, 2.24) is 14.9 Å². The van der Waals surface area contributed by atoms with Gasteiger partial charge in [-0.3, -0.25) is 9.79 Å². The predicted molar refractivity (Wildman–Crippen MR) is 139 cm³/mol. The number of carbonyl (C=O) groups is 1. The molecule has 1 atom stereocenters. The first-order valence-corrected chi connectivity index (χ1v) is 15.1. The molecule has 4 fully saturated rings. The van der Waals surface area contributed by atoms with Crippen LogP contribution in [-0.2, 0) is 21.4 Å². The number of rotatable bonds is 11. The van der Waals surface area contributed by atoms with Gasteiger partial charge in [-0.25, -0.2) is 8.42 Å². The minimum atomic E-state index is -4.35. The zero-order valence-electron chi connectivity index (χ0n) is 21.6. The summed E-state index contributed by atoms with van der Waals surface area (Å²) in [5.41, 5.74) is -0.734. The van der Waals surface area contributed by atoms with E-state index in [-0.39, 0.29) is 17.7 Å². The minimum Gasteiger partial charge on any atom is -0.366 e. The summed E-state index contributed by atoms with van der Waals surface area (Å²) in [6.45, 7) is 3.38. The van der Waals surface area contributed by atoms with Gasteiger partial charge in [-0.05, 0) is 63.1 Å². The second-order valence-corrected chi connectivity index (χ2v) is 14.5. The Morgan fingerprint density at radius 2 is 1.82 bits per heavy atom. The van der Waals surface area contributed by atoms with Crippen LogP contribution >= 0.6 is 11.6 Å². The smallest absolute Gasteiger partial charge is 0.366 e. The summed E-state index contributed by atoms with van der Waals surface area (Å²) in [6.07, 6.45) is -0.792. The monoisotopic (exact) mass is 574 g/mol. The summed E-state index contributed by atoms with van der Waals surface area (Å²) in [6, 6.07) is 6.35. The van der Waals surface area contributed by atoms with Crippen LogP contribution < -0.4 is 10.6 Å². The van der Waals surface area contributed by atoms with E-state index in [0.717, 1.165) is 18.4 Å². The summed E-state index contributed by atoms with van der Waals surface area (Å²) in [4.78, 5) is 17.3. The van der Waals surface area contributed by atoms with Crippen LogP contribution in [0, 0.1) is 11.3 Å². The highest BCUT2D eigenvalue weighted by molar-refractivity contribution is 7.89.